The normalized spacial score (nSPS) is 11.8. The Balaban J connectivity index is 1.93. The Kier molecular flexibility index (Phi) is 14.3. The number of nitrogen functional groups attached to an aromatic ring is 1. The summed E-state index contributed by atoms with van der Waals surface area (Å²) in [6, 6.07) is 14.3. The molecule has 0 aliphatic carbocycles. The third-order valence-corrected chi connectivity index (χ3v) is 5.23. The fraction of sp³-hybridized carbons (Fsp3) is 0.500. The van der Waals surface area contributed by atoms with Crippen molar-refractivity contribution in [3.63, 3.8) is 0 Å². The summed E-state index contributed by atoms with van der Waals surface area (Å²) < 4.78 is 27.3. The summed E-state index contributed by atoms with van der Waals surface area (Å²) >= 11 is 0. The lowest BCUT2D eigenvalue weighted by Gasteiger charge is -2.29. The Morgan fingerprint density at radius 3 is 2.44 bits per heavy atom. The minimum atomic E-state index is -0.615. The number of nitrogens with two attached hydrogens (primary N) is 1. The highest BCUT2D eigenvalue weighted by molar-refractivity contribution is 5.91. The number of benzene rings is 2. The fourth-order valence-corrected chi connectivity index (χ4v) is 3.38. The quantitative estimate of drug-likeness (QED) is 0.207. The van der Waals surface area contributed by atoms with Gasteiger partial charge >= 0.3 is 6.09 Å². The number of hydrogen-bond donors (Lipinski definition) is 3. The zero-order valence-electron chi connectivity index (χ0n) is 21.2. The molecule has 36 heavy (non-hydrogen) atoms. The predicted octanol–water partition coefficient (Wildman–Crippen LogP) is 3.15. The van der Waals surface area contributed by atoms with E-state index in [0.717, 1.165) is 18.7 Å². The maximum Gasteiger partial charge on any atom is 0.417 e. The van der Waals surface area contributed by atoms with Gasteiger partial charge in [-0.15, -0.1) is 0 Å². The Morgan fingerprint density at radius 2 is 1.75 bits per heavy atom. The highest BCUT2D eigenvalue weighted by Crippen LogP contribution is 2.26. The number of likely N-dealkylation sites (N-methyl/N-ethyl adjacent to an activating group) is 1. The zero-order valence-corrected chi connectivity index (χ0v) is 21.2. The number of rotatable bonds is 18. The number of para-hydroxylation sites is 1. The molecule has 0 radical (unpaired) electrons. The van der Waals surface area contributed by atoms with Gasteiger partial charge in [-0.1, -0.05) is 18.2 Å². The molecule has 10 heteroatoms. The van der Waals surface area contributed by atoms with Gasteiger partial charge in [-0.25, -0.2) is 4.79 Å². The topological polar surface area (TPSA) is 125 Å². The number of carbonyl (C=O) groups excluding carboxylic acids is 1. The van der Waals surface area contributed by atoms with Gasteiger partial charge in [0.25, 0.3) is 0 Å². The number of hydrogen-bond acceptors (Lipinski definition) is 9. The van der Waals surface area contributed by atoms with E-state index in [-0.39, 0.29) is 12.7 Å². The summed E-state index contributed by atoms with van der Waals surface area (Å²) in [5.41, 5.74) is 7.91. The second-order valence-corrected chi connectivity index (χ2v) is 7.86. The smallest absolute Gasteiger partial charge is 0.410 e. The van der Waals surface area contributed by atoms with Crippen molar-refractivity contribution in [2.24, 2.45) is 0 Å². The van der Waals surface area contributed by atoms with Crippen LogP contribution in [-0.4, -0.2) is 83.8 Å². The molecule has 0 aliphatic rings. The number of amides is 1. The van der Waals surface area contributed by atoms with Crippen LogP contribution in [0.25, 0.3) is 0 Å². The summed E-state index contributed by atoms with van der Waals surface area (Å²) in [6.45, 7) is 6.03. The van der Waals surface area contributed by atoms with E-state index in [2.05, 4.69) is 17.1 Å². The van der Waals surface area contributed by atoms with Crippen molar-refractivity contribution >= 4 is 23.2 Å². The molecule has 2 rings (SSSR count). The van der Waals surface area contributed by atoms with Crippen molar-refractivity contribution in [2.75, 3.05) is 82.4 Å². The van der Waals surface area contributed by atoms with E-state index in [4.69, 9.17) is 34.5 Å². The Bertz CT molecular complexity index is 870. The minimum absolute atomic E-state index is 0.00154. The highest BCUT2D eigenvalue weighted by Gasteiger charge is 2.17. The van der Waals surface area contributed by atoms with Gasteiger partial charge < -0.3 is 39.4 Å². The van der Waals surface area contributed by atoms with Gasteiger partial charge in [0.15, 0.2) is 0 Å². The molecule has 0 saturated heterocycles. The first-order valence-electron chi connectivity index (χ1n) is 12.1. The number of nitrogens with zero attached hydrogens (tertiary/aromatic N) is 1. The fourth-order valence-electron chi connectivity index (χ4n) is 3.38. The molecular weight excluding hydrogens is 466 g/mol. The van der Waals surface area contributed by atoms with Crippen LogP contribution in [0.5, 0.6) is 5.75 Å². The molecule has 0 bridgehead atoms. The molecule has 0 saturated carbocycles. The molecule has 2 aromatic carbocycles. The highest BCUT2D eigenvalue weighted by atomic mass is 16.6. The van der Waals surface area contributed by atoms with Crippen LogP contribution >= 0.6 is 0 Å². The van der Waals surface area contributed by atoms with Crippen LogP contribution in [0.1, 0.15) is 13.3 Å². The summed E-state index contributed by atoms with van der Waals surface area (Å²) in [6.07, 6.45) is 0.0168. The van der Waals surface area contributed by atoms with E-state index >= 15 is 0 Å². The van der Waals surface area contributed by atoms with Gasteiger partial charge in [0.2, 0.25) is 0 Å². The van der Waals surface area contributed by atoms with Crippen LogP contribution in [0.3, 0.4) is 0 Å². The van der Waals surface area contributed by atoms with E-state index in [1.807, 2.05) is 18.2 Å². The average molecular weight is 506 g/mol. The van der Waals surface area contributed by atoms with Gasteiger partial charge in [-0.3, -0.25) is 5.32 Å². The number of carbonyl (C=O) groups is 1. The third-order valence-electron chi connectivity index (χ3n) is 5.23. The van der Waals surface area contributed by atoms with Gasteiger partial charge in [-0.05, 0) is 43.7 Å². The number of anilines is 3. The first-order chi connectivity index (χ1) is 17.6. The van der Waals surface area contributed by atoms with E-state index in [1.165, 1.54) is 0 Å². The van der Waals surface area contributed by atoms with Crippen molar-refractivity contribution in [2.45, 2.75) is 19.4 Å². The molecule has 1 unspecified atom stereocenters. The van der Waals surface area contributed by atoms with E-state index in [0.29, 0.717) is 63.3 Å². The number of aliphatic hydroxyl groups is 1. The summed E-state index contributed by atoms with van der Waals surface area (Å²) in [5, 5.41) is 11.4. The molecule has 1 amide bonds. The van der Waals surface area contributed by atoms with Crippen LogP contribution in [0.15, 0.2) is 48.5 Å². The van der Waals surface area contributed by atoms with E-state index in [1.54, 1.807) is 37.4 Å². The van der Waals surface area contributed by atoms with Crippen molar-refractivity contribution in [3.8, 4) is 5.75 Å². The van der Waals surface area contributed by atoms with Crippen LogP contribution in [0.2, 0.25) is 0 Å². The molecule has 0 fully saturated rings. The van der Waals surface area contributed by atoms with Crippen LogP contribution in [-0.2, 0) is 18.9 Å². The average Bonchev–Trinajstić information content (AvgIpc) is 2.88. The van der Waals surface area contributed by atoms with Crippen molar-refractivity contribution in [3.05, 3.63) is 48.5 Å². The minimum Gasteiger partial charge on any atom is -0.410 e. The monoisotopic (exact) mass is 505 g/mol. The van der Waals surface area contributed by atoms with Crippen LogP contribution < -0.4 is 20.7 Å². The van der Waals surface area contributed by atoms with Crippen molar-refractivity contribution in [1.29, 1.82) is 0 Å². The summed E-state index contributed by atoms with van der Waals surface area (Å²) in [7, 11) is 1.66. The molecular formula is C26H39N3O7. The maximum atomic E-state index is 12.4. The van der Waals surface area contributed by atoms with Crippen LogP contribution in [0.4, 0.5) is 21.9 Å². The Labute approximate surface area is 213 Å². The molecule has 0 aliphatic heterocycles. The Morgan fingerprint density at radius 1 is 1.03 bits per heavy atom. The van der Waals surface area contributed by atoms with Crippen molar-refractivity contribution < 1.29 is 33.6 Å². The van der Waals surface area contributed by atoms with E-state index < -0.39 is 6.09 Å². The number of nitrogens with one attached hydrogen (secondary N) is 1. The molecule has 4 N–H and O–H groups in total. The SMILES string of the molecule is CCN(CC(CCOC)OCCOCCOCCO)c1ccc(N)c(NC(=O)Oc2ccccc2)c1. The molecule has 10 nitrogen and oxygen atoms in total. The number of ether oxygens (including phenoxy) is 5. The molecule has 0 spiro atoms. The molecule has 0 heterocycles. The van der Waals surface area contributed by atoms with Gasteiger partial charge in [0.1, 0.15) is 5.75 Å². The number of methoxy groups -OCH3 is 1. The first-order valence-corrected chi connectivity index (χ1v) is 12.1. The van der Waals surface area contributed by atoms with Gasteiger partial charge in [0, 0.05) is 32.5 Å². The van der Waals surface area contributed by atoms with E-state index in [9.17, 15) is 4.79 Å². The molecule has 0 aromatic heterocycles. The largest absolute Gasteiger partial charge is 0.417 e. The Hall–Kier alpha value is -2.89. The van der Waals surface area contributed by atoms with Gasteiger partial charge in [0.05, 0.1) is 57.1 Å². The van der Waals surface area contributed by atoms with Gasteiger partial charge in [-0.2, -0.15) is 0 Å². The lowest BCUT2D eigenvalue weighted by Crippen LogP contribution is -2.35. The maximum absolute atomic E-state index is 12.4. The molecule has 200 valence electrons. The lowest BCUT2D eigenvalue weighted by molar-refractivity contribution is -0.0196. The number of aliphatic hydroxyl groups excluding tert-OH is 1. The second kappa shape index (κ2) is 17.5. The van der Waals surface area contributed by atoms with Crippen molar-refractivity contribution in [1.82, 2.24) is 0 Å². The summed E-state index contributed by atoms with van der Waals surface area (Å²) in [4.78, 5) is 14.5. The third kappa shape index (κ3) is 11.2. The molecule has 1 atom stereocenters. The molecule has 2 aromatic rings. The second-order valence-electron chi connectivity index (χ2n) is 7.86. The zero-order chi connectivity index (χ0) is 26.0. The summed E-state index contributed by atoms with van der Waals surface area (Å²) in [5.74, 6) is 0.444. The lowest BCUT2D eigenvalue weighted by atomic mass is 10.2. The van der Waals surface area contributed by atoms with Crippen LogP contribution in [0, 0.1) is 0 Å². The predicted molar refractivity (Wildman–Crippen MR) is 140 cm³/mol. The first kappa shape index (κ1) is 29.3. The standard InChI is InChI=1S/C26H39N3O7/c1-3-29(20-23(11-13-32-2)35-18-17-34-16-15-33-14-12-30)21-9-10-24(27)25(19-21)28-26(31)36-22-7-5-4-6-8-22/h4-10,19,23,30H,3,11-18,20,27H2,1-2H3,(H,28,31).